The SMILES string of the molecule is CCCCCCCCCCCCCCCCc1c(CBr)ccc(C)c1C. The van der Waals surface area contributed by atoms with Gasteiger partial charge in [0, 0.05) is 5.33 Å². The van der Waals surface area contributed by atoms with E-state index in [1.54, 1.807) is 5.56 Å². The van der Waals surface area contributed by atoms with Gasteiger partial charge in [-0.25, -0.2) is 0 Å². The van der Waals surface area contributed by atoms with Gasteiger partial charge >= 0.3 is 0 Å². The van der Waals surface area contributed by atoms with Crippen molar-refractivity contribution in [3.63, 3.8) is 0 Å². The van der Waals surface area contributed by atoms with Crippen molar-refractivity contribution in [1.29, 1.82) is 0 Å². The molecule has 0 saturated carbocycles. The third-order valence-electron chi connectivity index (χ3n) is 5.89. The van der Waals surface area contributed by atoms with Gasteiger partial charge in [-0.15, -0.1) is 0 Å². The molecule has 1 aromatic rings. The summed E-state index contributed by atoms with van der Waals surface area (Å²) in [5.74, 6) is 0. The fourth-order valence-corrected chi connectivity index (χ4v) is 4.42. The van der Waals surface area contributed by atoms with Crippen LogP contribution in [0.2, 0.25) is 0 Å². The molecule has 1 rings (SSSR count). The van der Waals surface area contributed by atoms with Crippen molar-refractivity contribution in [2.75, 3.05) is 0 Å². The number of rotatable bonds is 16. The van der Waals surface area contributed by atoms with Gasteiger partial charge in [0.05, 0.1) is 0 Å². The van der Waals surface area contributed by atoms with Gasteiger partial charge < -0.3 is 0 Å². The highest BCUT2D eigenvalue weighted by Crippen LogP contribution is 2.23. The highest BCUT2D eigenvalue weighted by atomic mass is 79.9. The van der Waals surface area contributed by atoms with Gasteiger partial charge in [-0.2, -0.15) is 0 Å². The highest BCUT2D eigenvalue weighted by Gasteiger charge is 2.07. The summed E-state index contributed by atoms with van der Waals surface area (Å²) in [5.41, 5.74) is 6.04. The molecular weight excluding hydrogens is 380 g/mol. The van der Waals surface area contributed by atoms with Crippen LogP contribution >= 0.6 is 15.9 Å². The predicted molar refractivity (Wildman–Crippen MR) is 123 cm³/mol. The molecule has 0 aromatic heterocycles. The van der Waals surface area contributed by atoms with E-state index in [1.807, 2.05) is 0 Å². The summed E-state index contributed by atoms with van der Waals surface area (Å²) in [5, 5.41) is 0.988. The van der Waals surface area contributed by atoms with E-state index in [2.05, 4.69) is 48.8 Å². The molecular formula is C25H43Br. The van der Waals surface area contributed by atoms with Crippen LogP contribution in [0.1, 0.15) is 119 Å². The maximum absolute atomic E-state index is 3.65. The third-order valence-corrected chi connectivity index (χ3v) is 6.49. The Morgan fingerprint density at radius 1 is 0.654 bits per heavy atom. The Hall–Kier alpha value is -0.300. The molecule has 0 saturated heterocycles. The maximum Gasteiger partial charge on any atom is 0.0285 e. The number of benzene rings is 1. The summed E-state index contributed by atoms with van der Waals surface area (Å²) < 4.78 is 0. The third kappa shape index (κ3) is 10.1. The molecule has 0 aliphatic heterocycles. The summed E-state index contributed by atoms with van der Waals surface area (Å²) in [6, 6.07) is 4.57. The van der Waals surface area contributed by atoms with Crippen LogP contribution in [-0.4, -0.2) is 0 Å². The Bertz CT molecular complexity index is 463. The molecule has 1 aromatic carbocycles. The predicted octanol–water partition coefficient (Wildman–Crippen LogP) is 9.22. The van der Waals surface area contributed by atoms with E-state index in [0.717, 1.165) is 5.33 Å². The largest absolute Gasteiger partial charge is 0.0876 e. The van der Waals surface area contributed by atoms with Crippen LogP contribution in [0, 0.1) is 13.8 Å². The molecule has 0 heterocycles. The molecule has 0 aliphatic carbocycles. The van der Waals surface area contributed by atoms with E-state index in [4.69, 9.17) is 0 Å². The summed E-state index contributed by atoms with van der Waals surface area (Å²) in [7, 11) is 0. The molecule has 0 amide bonds. The van der Waals surface area contributed by atoms with Crippen LogP contribution in [0.25, 0.3) is 0 Å². The monoisotopic (exact) mass is 422 g/mol. The van der Waals surface area contributed by atoms with Gasteiger partial charge in [0.2, 0.25) is 0 Å². The first-order valence-corrected chi connectivity index (χ1v) is 12.5. The molecule has 0 aliphatic rings. The van der Waals surface area contributed by atoms with Crippen LogP contribution in [-0.2, 0) is 11.8 Å². The molecule has 0 unspecified atom stereocenters. The molecule has 0 bridgehead atoms. The molecule has 0 N–H and O–H groups in total. The molecule has 1 heteroatoms. The number of hydrogen-bond acceptors (Lipinski definition) is 0. The lowest BCUT2D eigenvalue weighted by Crippen LogP contribution is -1.98. The average molecular weight is 424 g/mol. The van der Waals surface area contributed by atoms with Gasteiger partial charge in [0.15, 0.2) is 0 Å². The van der Waals surface area contributed by atoms with E-state index in [1.165, 1.54) is 113 Å². The standard InChI is InChI=1S/C25H43Br/c1-4-5-6-7-8-9-10-11-12-13-14-15-16-17-18-25-23(3)22(2)19-20-24(25)21-26/h19-20H,4-18,21H2,1-3H3. The average Bonchev–Trinajstić information content (AvgIpc) is 2.65. The maximum atomic E-state index is 3.65. The number of halogens is 1. The second-order valence-electron chi connectivity index (χ2n) is 8.12. The summed E-state index contributed by atoms with van der Waals surface area (Å²) in [6.07, 6.45) is 21.3. The minimum Gasteiger partial charge on any atom is -0.0876 e. The Balaban J connectivity index is 1.98. The zero-order chi connectivity index (χ0) is 19.0. The van der Waals surface area contributed by atoms with Crippen molar-refractivity contribution in [3.8, 4) is 0 Å². The quantitative estimate of drug-likeness (QED) is 0.184. The second-order valence-corrected chi connectivity index (χ2v) is 8.69. The van der Waals surface area contributed by atoms with Crippen LogP contribution < -0.4 is 0 Å². The minimum atomic E-state index is 0.988. The van der Waals surface area contributed by atoms with E-state index >= 15 is 0 Å². The van der Waals surface area contributed by atoms with Gasteiger partial charge in [-0.05, 0) is 48.9 Å². The highest BCUT2D eigenvalue weighted by molar-refractivity contribution is 9.08. The van der Waals surface area contributed by atoms with Gasteiger partial charge in [-0.1, -0.05) is 118 Å². The molecule has 0 spiro atoms. The second kappa shape index (κ2) is 15.7. The molecule has 150 valence electrons. The van der Waals surface area contributed by atoms with Crippen LogP contribution in [0.5, 0.6) is 0 Å². The van der Waals surface area contributed by atoms with Crippen molar-refractivity contribution in [3.05, 3.63) is 34.4 Å². The molecule has 26 heavy (non-hydrogen) atoms. The smallest absolute Gasteiger partial charge is 0.0285 e. The number of aryl methyl sites for hydroxylation is 1. The fraction of sp³-hybridized carbons (Fsp3) is 0.760. The van der Waals surface area contributed by atoms with Gasteiger partial charge in [-0.3, -0.25) is 0 Å². The Morgan fingerprint density at radius 3 is 1.58 bits per heavy atom. The van der Waals surface area contributed by atoms with Crippen LogP contribution in [0.3, 0.4) is 0 Å². The molecule has 0 fully saturated rings. The summed E-state index contributed by atoms with van der Waals surface area (Å²) >= 11 is 3.65. The van der Waals surface area contributed by atoms with Crippen molar-refractivity contribution < 1.29 is 0 Å². The first-order chi connectivity index (χ1) is 12.7. The van der Waals surface area contributed by atoms with Gasteiger partial charge in [0.25, 0.3) is 0 Å². The molecule has 0 atom stereocenters. The Morgan fingerprint density at radius 2 is 1.12 bits per heavy atom. The van der Waals surface area contributed by atoms with Crippen LogP contribution in [0.4, 0.5) is 0 Å². The van der Waals surface area contributed by atoms with Gasteiger partial charge in [0.1, 0.15) is 0 Å². The number of unbranched alkanes of at least 4 members (excludes halogenated alkanes) is 13. The van der Waals surface area contributed by atoms with Crippen molar-refractivity contribution >= 4 is 15.9 Å². The van der Waals surface area contributed by atoms with Crippen molar-refractivity contribution in [1.82, 2.24) is 0 Å². The zero-order valence-corrected chi connectivity index (χ0v) is 19.4. The summed E-state index contributed by atoms with van der Waals surface area (Å²) in [4.78, 5) is 0. The zero-order valence-electron chi connectivity index (χ0n) is 17.8. The number of hydrogen-bond donors (Lipinski definition) is 0. The first kappa shape index (κ1) is 23.7. The summed E-state index contributed by atoms with van der Waals surface area (Å²) in [6.45, 7) is 6.83. The molecule has 0 radical (unpaired) electrons. The topological polar surface area (TPSA) is 0 Å². The van der Waals surface area contributed by atoms with E-state index in [-0.39, 0.29) is 0 Å². The lowest BCUT2D eigenvalue weighted by molar-refractivity contribution is 0.535. The molecule has 0 nitrogen and oxygen atoms in total. The van der Waals surface area contributed by atoms with E-state index in [0.29, 0.717) is 0 Å². The van der Waals surface area contributed by atoms with Crippen molar-refractivity contribution in [2.45, 2.75) is 122 Å². The van der Waals surface area contributed by atoms with Crippen molar-refractivity contribution in [2.24, 2.45) is 0 Å². The minimum absolute atomic E-state index is 0.988. The van der Waals surface area contributed by atoms with Crippen LogP contribution in [0.15, 0.2) is 12.1 Å². The number of alkyl halides is 1. The lowest BCUT2D eigenvalue weighted by Gasteiger charge is -2.13. The fourth-order valence-electron chi connectivity index (χ4n) is 3.90. The Labute approximate surface area is 172 Å². The van der Waals surface area contributed by atoms with E-state index in [9.17, 15) is 0 Å². The first-order valence-electron chi connectivity index (χ1n) is 11.3. The Kier molecular flexibility index (Phi) is 14.4. The van der Waals surface area contributed by atoms with E-state index < -0.39 is 0 Å². The lowest BCUT2D eigenvalue weighted by atomic mass is 9.94. The normalized spacial score (nSPS) is 11.2.